The molecule has 2 aromatic rings. The summed E-state index contributed by atoms with van der Waals surface area (Å²) in [5, 5.41) is 2.78. The minimum Gasteiger partial charge on any atom is -0.354 e. The van der Waals surface area contributed by atoms with E-state index in [4.69, 9.17) is 16.6 Å². The zero-order valence-corrected chi connectivity index (χ0v) is 12.4. The molecule has 1 aliphatic heterocycles. The number of carbonyl (C=O) groups excluding carboxylic acids is 1. The molecule has 5 heteroatoms. The first-order chi connectivity index (χ1) is 9.58. The van der Waals surface area contributed by atoms with Crippen molar-refractivity contribution in [2.45, 2.75) is 38.1 Å². The van der Waals surface area contributed by atoms with Crippen LogP contribution in [0.5, 0.6) is 0 Å². The molecule has 1 saturated heterocycles. The third kappa shape index (κ3) is 2.18. The predicted octanol–water partition coefficient (Wildman–Crippen LogP) is 3.10. The van der Waals surface area contributed by atoms with Gasteiger partial charge in [0.25, 0.3) is 0 Å². The number of halogens is 1. The lowest BCUT2D eigenvalue weighted by molar-refractivity contribution is -0.122. The Balaban J connectivity index is 2.14. The number of hydrogen-bond acceptors (Lipinski definition) is 2. The van der Waals surface area contributed by atoms with E-state index in [1.165, 1.54) is 0 Å². The smallest absolute Gasteiger partial charge is 0.220 e. The molecule has 0 radical (unpaired) electrons. The monoisotopic (exact) mass is 291 g/mol. The van der Waals surface area contributed by atoms with Crippen molar-refractivity contribution in [3.8, 4) is 0 Å². The van der Waals surface area contributed by atoms with Crippen LogP contribution in [0.4, 0.5) is 0 Å². The van der Waals surface area contributed by atoms with Gasteiger partial charge in [-0.15, -0.1) is 11.6 Å². The number of benzene rings is 1. The quantitative estimate of drug-likeness (QED) is 0.864. The van der Waals surface area contributed by atoms with Crippen molar-refractivity contribution >= 4 is 28.5 Å². The van der Waals surface area contributed by atoms with Crippen molar-refractivity contribution in [2.75, 3.05) is 6.54 Å². The number of alkyl halides is 1. The van der Waals surface area contributed by atoms with Gasteiger partial charge in [0.2, 0.25) is 5.91 Å². The maximum absolute atomic E-state index is 11.4. The van der Waals surface area contributed by atoms with Gasteiger partial charge in [0.15, 0.2) is 0 Å². The Morgan fingerprint density at radius 3 is 2.95 bits per heavy atom. The summed E-state index contributed by atoms with van der Waals surface area (Å²) in [4.78, 5) is 16.1. The van der Waals surface area contributed by atoms with Crippen LogP contribution in [-0.4, -0.2) is 22.0 Å². The van der Waals surface area contributed by atoms with Gasteiger partial charge in [-0.05, 0) is 31.9 Å². The molecule has 20 heavy (non-hydrogen) atoms. The SMILES string of the molecule is Cc1cccc2c1nc(C(C)Cl)n2C1CCC(=O)NC1. The Morgan fingerprint density at radius 1 is 1.50 bits per heavy atom. The van der Waals surface area contributed by atoms with Crippen LogP contribution in [0.3, 0.4) is 0 Å². The van der Waals surface area contributed by atoms with E-state index >= 15 is 0 Å². The highest BCUT2D eigenvalue weighted by Crippen LogP contribution is 2.31. The number of amides is 1. The average Bonchev–Trinajstić information content (AvgIpc) is 2.81. The lowest BCUT2D eigenvalue weighted by atomic mass is 10.1. The number of rotatable bonds is 2. The maximum atomic E-state index is 11.4. The van der Waals surface area contributed by atoms with Crippen LogP contribution in [0.25, 0.3) is 11.0 Å². The molecule has 1 amide bonds. The first-order valence-electron chi connectivity index (χ1n) is 6.96. The Hall–Kier alpha value is -1.55. The number of para-hydroxylation sites is 1. The van der Waals surface area contributed by atoms with Gasteiger partial charge in [-0.1, -0.05) is 12.1 Å². The fourth-order valence-corrected chi connectivity index (χ4v) is 3.03. The molecule has 4 nitrogen and oxygen atoms in total. The van der Waals surface area contributed by atoms with Crippen LogP contribution in [0.15, 0.2) is 18.2 Å². The normalized spacial score (nSPS) is 20.9. The van der Waals surface area contributed by atoms with Gasteiger partial charge in [0.1, 0.15) is 5.82 Å². The zero-order chi connectivity index (χ0) is 14.3. The molecular formula is C15H18ClN3O. The Morgan fingerprint density at radius 2 is 2.30 bits per heavy atom. The van der Waals surface area contributed by atoms with Crippen molar-refractivity contribution in [3.63, 3.8) is 0 Å². The van der Waals surface area contributed by atoms with Crippen molar-refractivity contribution in [2.24, 2.45) is 0 Å². The zero-order valence-electron chi connectivity index (χ0n) is 11.7. The summed E-state index contributed by atoms with van der Waals surface area (Å²) >= 11 is 6.31. The number of aryl methyl sites for hydroxylation is 1. The molecule has 1 N–H and O–H groups in total. The van der Waals surface area contributed by atoms with E-state index < -0.39 is 0 Å². The summed E-state index contributed by atoms with van der Waals surface area (Å²) in [6.45, 7) is 4.65. The van der Waals surface area contributed by atoms with Gasteiger partial charge in [-0.2, -0.15) is 0 Å². The van der Waals surface area contributed by atoms with Gasteiger partial charge >= 0.3 is 0 Å². The first kappa shape index (κ1) is 13.4. The molecule has 0 saturated carbocycles. The highest BCUT2D eigenvalue weighted by Gasteiger charge is 2.25. The van der Waals surface area contributed by atoms with E-state index in [1.54, 1.807) is 0 Å². The third-order valence-electron chi connectivity index (χ3n) is 3.91. The molecule has 0 bridgehead atoms. The molecule has 1 aromatic carbocycles. The number of carbonyl (C=O) groups is 1. The molecule has 2 atom stereocenters. The number of hydrogen-bond donors (Lipinski definition) is 1. The molecular weight excluding hydrogens is 274 g/mol. The van der Waals surface area contributed by atoms with Gasteiger partial charge in [-0.3, -0.25) is 4.79 Å². The number of piperidine rings is 1. The fraction of sp³-hybridized carbons (Fsp3) is 0.467. The molecule has 3 rings (SSSR count). The van der Waals surface area contributed by atoms with E-state index in [1.807, 2.05) is 13.0 Å². The molecule has 0 aliphatic carbocycles. The van der Waals surface area contributed by atoms with Crippen LogP contribution in [0.2, 0.25) is 0 Å². The summed E-state index contributed by atoms with van der Waals surface area (Å²) in [5.74, 6) is 1.01. The topological polar surface area (TPSA) is 46.9 Å². The van der Waals surface area contributed by atoms with Crippen LogP contribution in [0.1, 0.15) is 42.6 Å². The molecule has 0 spiro atoms. The third-order valence-corrected chi connectivity index (χ3v) is 4.10. The van der Waals surface area contributed by atoms with Gasteiger partial charge in [0, 0.05) is 13.0 Å². The lowest BCUT2D eigenvalue weighted by Gasteiger charge is -2.26. The average molecular weight is 292 g/mol. The summed E-state index contributed by atoms with van der Waals surface area (Å²) in [6.07, 6.45) is 1.40. The van der Waals surface area contributed by atoms with Crippen molar-refractivity contribution in [1.82, 2.24) is 14.9 Å². The minimum absolute atomic E-state index is 0.127. The molecule has 2 heterocycles. The van der Waals surface area contributed by atoms with E-state index in [-0.39, 0.29) is 17.3 Å². The van der Waals surface area contributed by atoms with Crippen molar-refractivity contribution < 1.29 is 4.79 Å². The predicted molar refractivity (Wildman–Crippen MR) is 80.0 cm³/mol. The largest absolute Gasteiger partial charge is 0.354 e. The van der Waals surface area contributed by atoms with E-state index in [0.717, 1.165) is 28.8 Å². The summed E-state index contributed by atoms with van der Waals surface area (Å²) < 4.78 is 2.21. The van der Waals surface area contributed by atoms with Gasteiger partial charge in [0.05, 0.1) is 22.5 Å². The van der Waals surface area contributed by atoms with E-state index in [0.29, 0.717) is 13.0 Å². The Bertz CT molecular complexity index is 652. The highest BCUT2D eigenvalue weighted by molar-refractivity contribution is 6.20. The molecule has 2 unspecified atom stereocenters. The van der Waals surface area contributed by atoms with Crippen LogP contribution < -0.4 is 5.32 Å². The number of nitrogens with one attached hydrogen (secondary N) is 1. The maximum Gasteiger partial charge on any atom is 0.220 e. The van der Waals surface area contributed by atoms with Gasteiger partial charge in [-0.25, -0.2) is 4.98 Å². The lowest BCUT2D eigenvalue weighted by Crippen LogP contribution is -2.36. The number of nitrogens with zero attached hydrogens (tertiary/aromatic N) is 2. The van der Waals surface area contributed by atoms with Crippen LogP contribution >= 0.6 is 11.6 Å². The molecule has 106 valence electrons. The number of aromatic nitrogens is 2. The highest BCUT2D eigenvalue weighted by atomic mass is 35.5. The molecule has 1 aliphatic rings. The standard InChI is InChI=1S/C15H18ClN3O/c1-9-4-3-5-12-14(9)18-15(10(2)16)19(12)11-6-7-13(20)17-8-11/h3-5,10-11H,6-8H2,1-2H3,(H,17,20). The Kier molecular flexibility index (Phi) is 3.42. The number of imidazole rings is 1. The van der Waals surface area contributed by atoms with Gasteiger partial charge < -0.3 is 9.88 Å². The van der Waals surface area contributed by atoms with Crippen molar-refractivity contribution in [1.29, 1.82) is 0 Å². The van der Waals surface area contributed by atoms with E-state index in [9.17, 15) is 4.79 Å². The molecule has 1 aromatic heterocycles. The fourth-order valence-electron chi connectivity index (χ4n) is 2.88. The second-order valence-corrected chi connectivity index (χ2v) is 6.05. The van der Waals surface area contributed by atoms with Crippen molar-refractivity contribution in [3.05, 3.63) is 29.6 Å². The molecule has 1 fully saturated rings. The summed E-state index contributed by atoms with van der Waals surface area (Å²) in [6, 6.07) is 6.41. The van der Waals surface area contributed by atoms with E-state index in [2.05, 4.69) is 28.9 Å². The first-order valence-corrected chi connectivity index (χ1v) is 7.40. The second-order valence-electron chi connectivity index (χ2n) is 5.40. The Labute approximate surface area is 123 Å². The summed E-state index contributed by atoms with van der Waals surface area (Å²) in [7, 11) is 0. The van der Waals surface area contributed by atoms with Crippen LogP contribution in [-0.2, 0) is 4.79 Å². The minimum atomic E-state index is -0.153. The summed E-state index contributed by atoms with van der Waals surface area (Å²) in [5.41, 5.74) is 3.26. The number of fused-ring (bicyclic) bond motifs is 1. The van der Waals surface area contributed by atoms with Crippen LogP contribution in [0, 0.1) is 6.92 Å². The second kappa shape index (κ2) is 5.09.